The van der Waals surface area contributed by atoms with Gasteiger partial charge in [-0.25, -0.2) is 4.98 Å². The fraction of sp³-hybridized carbons (Fsp3) is 0.250. The topological polar surface area (TPSA) is 57.8 Å². The summed E-state index contributed by atoms with van der Waals surface area (Å²) in [5, 5.41) is 7.77. The Morgan fingerprint density at radius 3 is 2.65 bits per heavy atom. The van der Waals surface area contributed by atoms with Crippen molar-refractivity contribution >= 4 is 40.3 Å². The van der Waals surface area contributed by atoms with Gasteiger partial charge in [0.15, 0.2) is 5.16 Å². The van der Waals surface area contributed by atoms with Crippen molar-refractivity contribution in [1.82, 2.24) is 15.3 Å². The lowest BCUT2D eigenvalue weighted by molar-refractivity contribution is -0.118. The zero-order chi connectivity index (χ0) is 16.1. The molecular weight excluding hydrogens is 346 g/mol. The van der Waals surface area contributed by atoms with Gasteiger partial charge < -0.3 is 10.3 Å². The van der Waals surface area contributed by atoms with Gasteiger partial charge in [0.1, 0.15) is 5.69 Å². The normalized spacial score (nSPS) is 10.8. The quantitative estimate of drug-likeness (QED) is 0.608. The summed E-state index contributed by atoms with van der Waals surface area (Å²) in [4.78, 5) is 22.1. The number of H-pyrrole nitrogens is 1. The monoisotopic (exact) mass is 363 g/mol. The van der Waals surface area contributed by atoms with Gasteiger partial charge >= 0.3 is 0 Å². The maximum Gasteiger partial charge on any atom is 0.230 e. The molecule has 0 fully saturated rings. The Kier molecular flexibility index (Phi) is 5.53. The van der Waals surface area contributed by atoms with Crippen LogP contribution >= 0.6 is 34.4 Å². The number of amides is 1. The Labute approximate surface area is 147 Å². The summed E-state index contributed by atoms with van der Waals surface area (Å²) >= 11 is 4.79. The molecule has 2 N–H and O–H groups in total. The number of thioether (sulfide) groups is 1. The third-order valence-electron chi connectivity index (χ3n) is 3.12. The molecule has 0 saturated heterocycles. The first-order chi connectivity index (χ1) is 11.3. The number of aromatic amines is 1. The summed E-state index contributed by atoms with van der Waals surface area (Å²) in [6.07, 6.45) is 0.947. The molecule has 0 atom stereocenters. The van der Waals surface area contributed by atoms with Crippen LogP contribution in [0.3, 0.4) is 0 Å². The van der Waals surface area contributed by atoms with Crippen LogP contribution in [0.4, 0.5) is 0 Å². The molecule has 3 aromatic rings. The van der Waals surface area contributed by atoms with E-state index in [1.165, 1.54) is 11.8 Å². The van der Waals surface area contributed by atoms with Gasteiger partial charge in [-0.15, -0.1) is 22.7 Å². The van der Waals surface area contributed by atoms with Crippen LogP contribution in [-0.4, -0.2) is 28.2 Å². The number of carbonyl (C=O) groups excluding carboxylic acids is 1. The second-order valence-electron chi connectivity index (χ2n) is 4.86. The maximum absolute atomic E-state index is 11.8. The highest BCUT2D eigenvalue weighted by molar-refractivity contribution is 7.99. The Hall–Kier alpha value is -1.57. The second-order valence-corrected chi connectivity index (χ2v) is 7.72. The summed E-state index contributed by atoms with van der Waals surface area (Å²) in [7, 11) is 0. The average molecular weight is 364 g/mol. The highest BCUT2D eigenvalue weighted by Gasteiger charge is 2.16. The van der Waals surface area contributed by atoms with E-state index in [0.717, 1.165) is 39.3 Å². The SMILES string of the molecule is CCCNC(=O)CSc1nc(-c2cccs2)c(-c2cccs2)[nH]1. The van der Waals surface area contributed by atoms with Crippen molar-refractivity contribution in [3.05, 3.63) is 35.0 Å². The Balaban J connectivity index is 1.80. The van der Waals surface area contributed by atoms with Gasteiger partial charge in [0.25, 0.3) is 0 Å². The van der Waals surface area contributed by atoms with E-state index in [4.69, 9.17) is 4.98 Å². The van der Waals surface area contributed by atoms with Gasteiger partial charge in [0, 0.05) is 6.54 Å². The molecule has 0 saturated carbocycles. The van der Waals surface area contributed by atoms with E-state index in [0.29, 0.717) is 5.75 Å². The van der Waals surface area contributed by atoms with E-state index in [-0.39, 0.29) is 5.91 Å². The number of hydrogen-bond donors (Lipinski definition) is 2. The lowest BCUT2D eigenvalue weighted by atomic mass is 10.2. The summed E-state index contributed by atoms with van der Waals surface area (Å²) in [6.45, 7) is 2.76. The molecule has 0 bridgehead atoms. The molecule has 0 aromatic carbocycles. The van der Waals surface area contributed by atoms with Crippen molar-refractivity contribution in [2.75, 3.05) is 12.3 Å². The van der Waals surface area contributed by atoms with E-state index in [2.05, 4.69) is 27.8 Å². The number of nitrogens with zero attached hydrogens (tertiary/aromatic N) is 1. The smallest absolute Gasteiger partial charge is 0.230 e. The van der Waals surface area contributed by atoms with Crippen LogP contribution in [0.25, 0.3) is 21.1 Å². The van der Waals surface area contributed by atoms with Crippen LogP contribution < -0.4 is 5.32 Å². The minimum Gasteiger partial charge on any atom is -0.355 e. The molecule has 7 heteroatoms. The third kappa shape index (κ3) is 4.04. The molecule has 3 heterocycles. The molecule has 0 spiro atoms. The van der Waals surface area contributed by atoms with Crippen molar-refractivity contribution in [1.29, 1.82) is 0 Å². The highest BCUT2D eigenvalue weighted by atomic mass is 32.2. The van der Waals surface area contributed by atoms with Crippen LogP contribution in [0.5, 0.6) is 0 Å². The van der Waals surface area contributed by atoms with Crippen molar-refractivity contribution in [3.8, 4) is 21.1 Å². The largest absolute Gasteiger partial charge is 0.355 e. The van der Waals surface area contributed by atoms with E-state index >= 15 is 0 Å². The van der Waals surface area contributed by atoms with Crippen LogP contribution in [0, 0.1) is 0 Å². The number of thiophene rings is 2. The number of nitrogens with one attached hydrogen (secondary N) is 2. The average Bonchev–Trinajstić information content (AvgIpc) is 3.30. The predicted molar refractivity (Wildman–Crippen MR) is 99.2 cm³/mol. The standard InChI is InChI=1S/C16H17N3OS3/c1-2-7-17-13(20)10-23-16-18-14(11-5-3-8-21-11)15(19-16)12-6-4-9-22-12/h3-6,8-9H,2,7,10H2,1H3,(H,17,20)(H,18,19). The van der Waals surface area contributed by atoms with Gasteiger partial charge in [0.05, 0.1) is 21.2 Å². The molecule has 0 aliphatic heterocycles. The lowest BCUT2D eigenvalue weighted by Gasteiger charge is -2.01. The van der Waals surface area contributed by atoms with Gasteiger partial charge in [-0.05, 0) is 29.3 Å². The van der Waals surface area contributed by atoms with Crippen molar-refractivity contribution in [3.63, 3.8) is 0 Å². The minimum absolute atomic E-state index is 0.0450. The number of imidazole rings is 1. The first kappa shape index (κ1) is 16.3. The highest BCUT2D eigenvalue weighted by Crippen LogP contribution is 2.36. The zero-order valence-corrected chi connectivity index (χ0v) is 15.1. The van der Waals surface area contributed by atoms with Crippen molar-refractivity contribution < 1.29 is 4.79 Å². The molecule has 23 heavy (non-hydrogen) atoms. The minimum atomic E-state index is 0.0450. The number of rotatable bonds is 7. The van der Waals surface area contributed by atoms with Crippen molar-refractivity contribution in [2.45, 2.75) is 18.5 Å². The molecule has 3 rings (SSSR count). The van der Waals surface area contributed by atoms with Crippen LogP contribution in [0.2, 0.25) is 0 Å². The Morgan fingerprint density at radius 1 is 1.26 bits per heavy atom. The molecule has 0 radical (unpaired) electrons. The maximum atomic E-state index is 11.8. The molecule has 0 aliphatic carbocycles. The predicted octanol–water partition coefficient (Wildman–Crippen LogP) is 4.49. The summed E-state index contributed by atoms with van der Waals surface area (Å²) in [5.41, 5.74) is 1.98. The van der Waals surface area contributed by atoms with Gasteiger partial charge in [0.2, 0.25) is 5.91 Å². The van der Waals surface area contributed by atoms with E-state index in [1.807, 2.05) is 24.4 Å². The fourth-order valence-corrected chi connectivity index (χ4v) is 4.21. The number of carbonyl (C=O) groups is 1. The van der Waals surface area contributed by atoms with Crippen LogP contribution in [-0.2, 0) is 4.79 Å². The molecule has 3 aromatic heterocycles. The molecule has 1 amide bonds. The Morgan fingerprint density at radius 2 is 2.00 bits per heavy atom. The molecule has 0 unspecified atom stereocenters. The summed E-state index contributed by atoms with van der Waals surface area (Å²) < 4.78 is 0. The second kappa shape index (κ2) is 7.81. The van der Waals surface area contributed by atoms with E-state index in [1.54, 1.807) is 22.7 Å². The van der Waals surface area contributed by atoms with Crippen LogP contribution in [0.1, 0.15) is 13.3 Å². The number of hydrogen-bond acceptors (Lipinski definition) is 5. The molecule has 120 valence electrons. The van der Waals surface area contributed by atoms with E-state index in [9.17, 15) is 4.79 Å². The van der Waals surface area contributed by atoms with Crippen LogP contribution in [0.15, 0.2) is 40.2 Å². The number of aromatic nitrogens is 2. The fourth-order valence-electron chi connectivity index (χ4n) is 2.06. The van der Waals surface area contributed by atoms with Gasteiger partial charge in [-0.2, -0.15) is 0 Å². The first-order valence-corrected chi connectivity index (χ1v) is 10.1. The summed E-state index contributed by atoms with van der Waals surface area (Å²) in [6, 6.07) is 8.21. The molecular formula is C16H17N3OS3. The Bertz CT molecular complexity index is 696. The first-order valence-electron chi connectivity index (χ1n) is 7.35. The molecule has 4 nitrogen and oxygen atoms in total. The summed E-state index contributed by atoms with van der Waals surface area (Å²) in [5.74, 6) is 0.421. The lowest BCUT2D eigenvalue weighted by Crippen LogP contribution is -2.25. The van der Waals surface area contributed by atoms with Crippen molar-refractivity contribution in [2.24, 2.45) is 0 Å². The van der Waals surface area contributed by atoms with Gasteiger partial charge in [-0.3, -0.25) is 4.79 Å². The zero-order valence-electron chi connectivity index (χ0n) is 12.7. The van der Waals surface area contributed by atoms with Gasteiger partial charge in [-0.1, -0.05) is 30.8 Å². The third-order valence-corrected chi connectivity index (χ3v) is 5.75. The molecule has 0 aliphatic rings. The van der Waals surface area contributed by atoms with E-state index < -0.39 is 0 Å².